The van der Waals surface area contributed by atoms with Gasteiger partial charge >= 0.3 is 0 Å². The first-order valence-electron chi connectivity index (χ1n) is 3.09. The number of rotatable bonds is 3. The molecule has 0 aromatic carbocycles. The minimum Gasteiger partial charge on any atom is -0.327 e. The smallest absolute Gasteiger partial charge is 0.122 e. The Morgan fingerprint density at radius 3 is 2.60 bits per heavy atom. The molecule has 0 amide bonds. The highest BCUT2D eigenvalue weighted by Gasteiger charge is 1.89. The Balaban J connectivity index is 4.22. The van der Waals surface area contributed by atoms with Crippen LogP contribution in [0.2, 0.25) is 0 Å². The third kappa shape index (κ3) is 3.20. The van der Waals surface area contributed by atoms with Gasteiger partial charge in [-0.05, 0) is 24.6 Å². The molecular formula is C8H12FN. The van der Waals surface area contributed by atoms with E-state index in [1.165, 1.54) is 6.08 Å². The van der Waals surface area contributed by atoms with E-state index in [9.17, 15) is 4.39 Å². The minimum atomic E-state index is -0.349. The summed E-state index contributed by atoms with van der Waals surface area (Å²) < 4.78 is 12.4. The van der Waals surface area contributed by atoms with Crippen LogP contribution in [0.15, 0.2) is 36.2 Å². The van der Waals surface area contributed by atoms with Crippen LogP contribution in [0.25, 0.3) is 0 Å². The highest BCUT2D eigenvalue weighted by atomic mass is 19.1. The third-order valence-corrected chi connectivity index (χ3v) is 1.12. The first-order valence-corrected chi connectivity index (χ1v) is 3.09. The van der Waals surface area contributed by atoms with Gasteiger partial charge in [0.2, 0.25) is 0 Å². The summed E-state index contributed by atoms with van der Waals surface area (Å²) in [5, 5.41) is 0. The number of hydrogen-bond acceptors (Lipinski definition) is 1. The summed E-state index contributed by atoms with van der Waals surface area (Å²) in [7, 11) is 0. The largest absolute Gasteiger partial charge is 0.327 e. The Morgan fingerprint density at radius 2 is 2.30 bits per heavy atom. The Morgan fingerprint density at radius 1 is 1.70 bits per heavy atom. The molecule has 0 aliphatic heterocycles. The van der Waals surface area contributed by atoms with Gasteiger partial charge in [-0.1, -0.05) is 12.7 Å². The van der Waals surface area contributed by atoms with E-state index in [-0.39, 0.29) is 5.83 Å². The van der Waals surface area contributed by atoms with Gasteiger partial charge in [0.05, 0.1) is 0 Å². The Labute approximate surface area is 60.7 Å². The molecule has 0 aliphatic carbocycles. The molecule has 0 unspecified atom stereocenters. The van der Waals surface area contributed by atoms with Crippen molar-refractivity contribution in [2.45, 2.75) is 6.92 Å². The van der Waals surface area contributed by atoms with Crippen LogP contribution in [0.3, 0.4) is 0 Å². The van der Waals surface area contributed by atoms with Gasteiger partial charge in [-0.3, -0.25) is 0 Å². The standard InChI is InChI=1S/C8H12FN/c1-3-7(6-10)5-8(9)4-2/h3-5H,2,6,10H2,1H3/b7-3+,8-5+. The van der Waals surface area contributed by atoms with E-state index in [2.05, 4.69) is 6.58 Å². The van der Waals surface area contributed by atoms with Gasteiger partial charge in [-0.15, -0.1) is 0 Å². The van der Waals surface area contributed by atoms with E-state index in [0.717, 1.165) is 11.6 Å². The lowest BCUT2D eigenvalue weighted by atomic mass is 10.2. The fraction of sp³-hybridized carbons (Fsp3) is 0.250. The molecule has 0 saturated heterocycles. The van der Waals surface area contributed by atoms with Crippen LogP contribution >= 0.6 is 0 Å². The second kappa shape index (κ2) is 4.94. The zero-order chi connectivity index (χ0) is 7.98. The molecule has 1 nitrogen and oxygen atoms in total. The average Bonchev–Trinajstić information content (AvgIpc) is 1.99. The van der Waals surface area contributed by atoms with Gasteiger partial charge in [0.25, 0.3) is 0 Å². The summed E-state index contributed by atoms with van der Waals surface area (Å²) in [5.41, 5.74) is 6.05. The van der Waals surface area contributed by atoms with Crippen molar-refractivity contribution in [3.05, 3.63) is 36.2 Å². The fourth-order valence-corrected chi connectivity index (χ4v) is 0.496. The van der Waals surface area contributed by atoms with Crippen molar-refractivity contribution in [2.24, 2.45) is 5.73 Å². The summed E-state index contributed by atoms with van der Waals surface area (Å²) in [5.74, 6) is -0.349. The van der Waals surface area contributed by atoms with Crippen LogP contribution in [-0.4, -0.2) is 6.54 Å². The molecule has 0 aromatic heterocycles. The predicted molar refractivity (Wildman–Crippen MR) is 42.2 cm³/mol. The van der Waals surface area contributed by atoms with Gasteiger partial charge in [0.15, 0.2) is 0 Å². The second-order valence-corrected chi connectivity index (χ2v) is 1.80. The zero-order valence-corrected chi connectivity index (χ0v) is 6.10. The van der Waals surface area contributed by atoms with Crippen LogP contribution in [0.1, 0.15) is 6.92 Å². The molecule has 56 valence electrons. The van der Waals surface area contributed by atoms with Gasteiger partial charge in [0.1, 0.15) is 5.83 Å². The molecule has 2 N–H and O–H groups in total. The monoisotopic (exact) mass is 141 g/mol. The first-order chi connectivity index (χ1) is 4.74. The summed E-state index contributed by atoms with van der Waals surface area (Å²) in [6, 6.07) is 0. The van der Waals surface area contributed by atoms with Crippen molar-refractivity contribution in [3.63, 3.8) is 0 Å². The molecule has 0 heterocycles. The maximum atomic E-state index is 12.4. The lowest BCUT2D eigenvalue weighted by Crippen LogP contribution is -2.00. The molecule has 0 radical (unpaired) electrons. The number of nitrogens with two attached hydrogens (primary N) is 1. The van der Waals surface area contributed by atoms with Gasteiger partial charge in [-0.2, -0.15) is 0 Å². The first kappa shape index (κ1) is 9.11. The van der Waals surface area contributed by atoms with Crippen molar-refractivity contribution in [1.82, 2.24) is 0 Å². The van der Waals surface area contributed by atoms with Crippen molar-refractivity contribution < 1.29 is 4.39 Å². The molecule has 0 fully saturated rings. The van der Waals surface area contributed by atoms with Crippen molar-refractivity contribution >= 4 is 0 Å². The highest BCUT2D eigenvalue weighted by molar-refractivity contribution is 5.25. The van der Waals surface area contributed by atoms with Crippen LogP contribution in [-0.2, 0) is 0 Å². The molecular weight excluding hydrogens is 129 g/mol. The summed E-state index contributed by atoms with van der Waals surface area (Å²) >= 11 is 0. The number of hydrogen-bond donors (Lipinski definition) is 1. The molecule has 0 rings (SSSR count). The molecule has 0 bridgehead atoms. The predicted octanol–water partition coefficient (Wildman–Crippen LogP) is 1.93. The molecule has 0 spiro atoms. The van der Waals surface area contributed by atoms with Gasteiger partial charge in [0, 0.05) is 6.54 Å². The fourth-order valence-electron chi connectivity index (χ4n) is 0.496. The quantitative estimate of drug-likeness (QED) is 0.597. The lowest BCUT2D eigenvalue weighted by Gasteiger charge is -1.93. The van der Waals surface area contributed by atoms with Crippen molar-refractivity contribution in [1.29, 1.82) is 0 Å². The van der Waals surface area contributed by atoms with E-state index in [0.29, 0.717) is 6.54 Å². The van der Waals surface area contributed by atoms with Crippen LogP contribution in [0.4, 0.5) is 4.39 Å². The molecule has 0 saturated carbocycles. The van der Waals surface area contributed by atoms with E-state index in [1.807, 2.05) is 6.92 Å². The third-order valence-electron chi connectivity index (χ3n) is 1.12. The summed E-state index contributed by atoms with van der Waals surface area (Å²) in [4.78, 5) is 0. The van der Waals surface area contributed by atoms with Crippen molar-refractivity contribution in [2.75, 3.05) is 6.54 Å². The number of allylic oxidation sites excluding steroid dienone is 3. The lowest BCUT2D eigenvalue weighted by molar-refractivity contribution is 0.666. The SMILES string of the molecule is C=C/C(F)=C\C(=C/C)CN. The van der Waals surface area contributed by atoms with E-state index in [1.54, 1.807) is 6.08 Å². The Hall–Kier alpha value is -0.890. The maximum Gasteiger partial charge on any atom is 0.122 e. The Kier molecular flexibility index (Phi) is 4.50. The van der Waals surface area contributed by atoms with E-state index in [4.69, 9.17) is 5.73 Å². The summed E-state index contributed by atoms with van der Waals surface area (Å²) in [6.45, 7) is 5.44. The van der Waals surface area contributed by atoms with E-state index < -0.39 is 0 Å². The van der Waals surface area contributed by atoms with Crippen LogP contribution < -0.4 is 5.73 Å². The minimum absolute atomic E-state index is 0.349. The van der Waals surface area contributed by atoms with Gasteiger partial charge in [-0.25, -0.2) is 4.39 Å². The molecule has 2 heteroatoms. The maximum absolute atomic E-state index is 12.4. The second-order valence-electron chi connectivity index (χ2n) is 1.80. The molecule has 0 atom stereocenters. The molecule has 10 heavy (non-hydrogen) atoms. The normalized spacial score (nSPS) is 13.5. The van der Waals surface area contributed by atoms with E-state index >= 15 is 0 Å². The summed E-state index contributed by atoms with van der Waals surface area (Å²) in [6.07, 6.45) is 4.29. The topological polar surface area (TPSA) is 26.0 Å². The van der Waals surface area contributed by atoms with Crippen molar-refractivity contribution in [3.8, 4) is 0 Å². The molecule has 0 aromatic rings. The van der Waals surface area contributed by atoms with Crippen LogP contribution in [0.5, 0.6) is 0 Å². The van der Waals surface area contributed by atoms with Crippen LogP contribution in [0, 0.1) is 0 Å². The zero-order valence-electron chi connectivity index (χ0n) is 6.10. The van der Waals surface area contributed by atoms with Gasteiger partial charge < -0.3 is 5.73 Å². The number of halogens is 1. The Bertz CT molecular complexity index is 168. The highest BCUT2D eigenvalue weighted by Crippen LogP contribution is 2.02. The molecule has 0 aliphatic rings. The average molecular weight is 141 g/mol.